The van der Waals surface area contributed by atoms with Crippen LogP contribution >= 0.6 is 0 Å². The van der Waals surface area contributed by atoms with Crippen LogP contribution in [0.4, 0.5) is 0 Å². The van der Waals surface area contributed by atoms with E-state index in [-0.39, 0.29) is 11.4 Å². The van der Waals surface area contributed by atoms with Crippen molar-refractivity contribution in [3.05, 3.63) is 62.8 Å². The van der Waals surface area contributed by atoms with Crippen molar-refractivity contribution >= 4 is 0 Å². The van der Waals surface area contributed by atoms with Crippen molar-refractivity contribution in [1.29, 1.82) is 0 Å². The summed E-state index contributed by atoms with van der Waals surface area (Å²) >= 11 is 0. The van der Waals surface area contributed by atoms with Crippen molar-refractivity contribution in [3.63, 3.8) is 0 Å². The normalized spacial score (nSPS) is 11.5. The highest BCUT2D eigenvalue weighted by Gasteiger charge is 2.30. The van der Waals surface area contributed by atoms with Crippen LogP contribution < -0.4 is 16.0 Å². The van der Waals surface area contributed by atoms with Crippen LogP contribution in [0.5, 0.6) is 5.75 Å². The van der Waals surface area contributed by atoms with Crippen LogP contribution in [0.3, 0.4) is 0 Å². The highest BCUT2D eigenvalue weighted by Crippen LogP contribution is 2.32. The summed E-state index contributed by atoms with van der Waals surface area (Å²) in [5.41, 5.74) is -0.500. The first kappa shape index (κ1) is 16.7. The van der Waals surface area contributed by atoms with E-state index in [1.807, 2.05) is 38.1 Å². The van der Waals surface area contributed by atoms with Gasteiger partial charge in [0.05, 0.1) is 12.5 Å². The fourth-order valence-corrected chi connectivity index (χ4v) is 2.44. The number of ether oxygens (including phenoxy) is 1. The van der Waals surface area contributed by atoms with Gasteiger partial charge in [-0.05, 0) is 31.5 Å². The number of nitrogens with one attached hydrogen (secondary N) is 1. The molecule has 0 bridgehead atoms. The smallest absolute Gasteiger partial charge is 0.328 e. The Morgan fingerprint density at radius 3 is 2.52 bits per heavy atom. The van der Waals surface area contributed by atoms with E-state index in [1.165, 1.54) is 17.8 Å². The summed E-state index contributed by atoms with van der Waals surface area (Å²) < 4.78 is 11.8. The van der Waals surface area contributed by atoms with Gasteiger partial charge < -0.3 is 13.8 Å². The Bertz CT molecular complexity index is 1010. The van der Waals surface area contributed by atoms with Crippen molar-refractivity contribution in [1.82, 2.24) is 19.7 Å². The van der Waals surface area contributed by atoms with E-state index in [9.17, 15) is 9.59 Å². The zero-order chi connectivity index (χ0) is 18.2. The lowest BCUT2D eigenvalue weighted by Gasteiger charge is -2.20. The molecule has 0 aliphatic rings. The first-order chi connectivity index (χ1) is 11.8. The second-order valence-electron chi connectivity index (χ2n) is 6.19. The molecule has 0 saturated heterocycles. The molecule has 0 atom stereocenters. The van der Waals surface area contributed by atoms with Crippen LogP contribution in [-0.2, 0) is 12.5 Å². The average Bonchev–Trinajstić information content (AvgIpc) is 3.09. The van der Waals surface area contributed by atoms with Crippen molar-refractivity contribution in [2.24, 2.45) is 7.05 Å². The zero-order valence-electron chi connectivity index (χ0n) is 14.4. The molecule has 8 nitrogen and oxygen atoms in total. The molecule has 1 aromatic carbocycles. The second kappa shape index (κ2) is 6.04. The highest BCUT2D eigenvalue weighted by atomic mass is 16.5. The summed E-state index contributed by atoms with van der Waals surface area (Å²) in [6.45, 7) is 3.88. The molecule has 0 radical (unpaired) electrons. The molecule has 130 valence electrons. The van der Waals surface area contributed by atoms with Gasteiger partial charge in [-0.1, -0.05) is 17.3 Å². The molecule has 0 spiro atoms. The molecule has 0 unspecified atom stereocenters. The molecule has 0 saturated carbocycles. The van der Waals surface area contributed by atoms with Crippen molar-refractivity contribution in [2.45, 2.75) is 19.3 Å². The molecule has 2 heterocycles. The van der Waals surface area contributed by atoms with Gasteiger partial charge in [0.15, 0.2) is 0 Å². The molecule has 2 aromatic heterocycles. The van der Waals surface area contributed by atoms with Gasteiger partial charge in [0.1, 0.15) is 11.3 Å². The third-order valence-corrected chi connectivity index (χ3v) is 4.12. The maximum atomic E-state index is 12.0. The van der Waals surface area contributed by atoms with E-state index in [0.717, 1.165) is 11.3 Å². The van der Waals surface area contributed by atoms with Crippen molar-refractivity contribution < 1.29 is 9.26 Å². The largest absolute Gasteiger partial charge is 0.497 e. The molecule has 1 N–H and O–H groups in total. The number of aromatic amines is 1. The number of aryl methyl sites for hydroxylation is 1. The summed E-state index contributed by atoms with van der Waals surface area (Å²) in [4.78, 5) is 30.0. The van der Waals surface area contributed by atoms with E-state index in [2.05, 4.69) is 15.1 Å². The van der Waals surface area contributed by atoms with E-state index in [4.69, 9.17) is 9.26 Å². The molecule has 0 aliphatic carbocycles. The fraction of sp³-hybridized carbons (Fsp3) is 0.294. The molecule has 25 heavy (non-hydrogen) atoms. The summed E-state index contributed by atoms with van der Waals surface area (Å²) in [5.74, 6) is 1.25. The Hall–Kier alpha value is -3.16. The maximum Gasteiger partial charge on any atom is 0.328 e. The highest BCUT2D eigenvalue weighted by molar-refractivity contribution is 5.51. The standard InChI is InChI=1S/C17H18N4O4/c1-17(2,10-5-7-11(24-4)8-6-10)15-18-13(20-25-15)12-9-21(3)16(23)19-14(12)22/h5-9H,1-4H3,(H,19,22,23). The van der Waals surface area contributed by atoms with Gasteiger partial charge in [0.25, 0.3) is 5.56 Å². The van der Waals surface area contributed by atoms with Gasteiger partial charge >= 0.3 is 5.69 Å². The minimum absolute atomic E-state index is 0.133. The van der Waals surface area contributed by atoms with Crippen molar-refractivity contribution in [3.8, 4) is 17.1 Å². The number of hydrogen-bond acceptors (Lipinski definition) is 6. The third kappa shape index (κ3) is 2.98. The van der Waals surface area contributed by atoms with Crippen LogP contribution in [0, 0.1) is 0 Å². The van der Waals surface area contributed by atoms with E-state index in [1.54, 1.807) is 7.11 Å². The predicted octanol–water partition coefficient (Wildman–Crippen LogP) is 1.46. The van der Waals surface area contributed by atoms with Crippen LogP contribution in [0.1, 0.15) is 25.3 Å². The summed E-state index contributed by atoms with van der Waals surface area (Å²) in [6, 6.07) is 7.54. The maximum absolute atomic E-state index is 12.0. The number of nitrogens with zero attached hydrogens (tertiary/aromatic N) is 3. The number of hydrogen-bond donors (Lipinski definition) is 1. The number of aromatic nitrogens is 4. The topological polar surface area (TPSA) is 103 Å². The van der Waals surface area contributed by atoms with Crippen molar-refractivity contribution in [2.75, 3.05) is 7.11 Å². The first-order valence-corrected chi connectivity index (χ1v) is 7.62. The minimum atomic E-state index is -0.565. The minimum Gasteiger partial charge on any atom is -0.497 e. The summed E-state index contributed by atoms with van der Waals surface area (Å²) in [7, 11) is 3.14. The number of benzene rings is 1. The lowest BCUT2D eigenvalue weighted by molar-refractivity contribution is 0.332. The molecule has 0 amide bonds. The monoisotopic (exact) mass is 342 g/mol. The zero-order valence-corrected chi connectivity index (χ0v) is 14.4. The van der Waals surface area contributed by atoms with Gasteiger partial charge in [-0.15, -0.1) is 0 Å². The third-order valence-electron chi connectivity index (χ3n) is 4.12. The van der Waals surface area contributed by atoms with E-state index in [0.29, 0.717) is 5.89 Å². The number of methoxy groups -OCH3 is 1. The van der Waals surface area contributed by atoms with Gasteiger partial charge in [-0.25, -0.2) is 4.79 Å². The van der Waals surface area contributed by atoms with Crippen LogP contribution in [0.2, 0.25) is 0 Å². The van der Waals surface area contributed by atoms with Crippen LogP contribution in [0.15, 0.2) is 44.6 Å². The molecular weight excluding hydrogens is 324 g/mol. The van der Waals surface area contributed by atoms with Crippen LogP contribution in [-0.4, -0.2) is 26.8 Å². The van der Waals surface area contributed by atoms with Gasteiger partial charge in [0.2, 0.25) is 11.7 Å². The predicted molar refractivity (Wildman–Crippen MR) is 90.7 cm³/mol. The Labute approximate surface area is 143 Å². The van der Waals surface area contributed by atoms with Gasteiger partial charge in [0, 0.05) is 13.2 Å². The lowest BCUT2D eigenvalue weighted by atomic mass is 9.84. The van der Waals surface area contributed by atoms with Gasteiger partial charge in [-0.3, -0.25) is 9.78 Å². The van der Waals surface area contributed by atoms with Crippen LogP contribution in [0.25, 0.3) is 11.4 Å². The Morgan fingerprint density at radius 1 is 1.20 bits per heavy atom. The summed E-state index contributed by atoms with van der Waals surface area (Å²) in [6.07, 6.45) is 1.39. The molecule has 8 heteroatoms. The Kier molecular flexibility index (Phi) is 4.03. The first-order valence-electron chi connectivity index (χ1n) is 7.62. The van der Waals surface area contributed by atoms with E-state index < -0.39 is 16.7 Å². The Morgan fingerprint density at radius 2 is 1.88 bits per heavy atom. The number of H-pyrrole nitrogens is 1. The molecule has 3 aromatic rings. The van der Waals surface area contributed by atoms with Gasteiger partial charge in [-0.2, -0.15) is 4.98 Å². The lowest BCUT2D eigenvalue weighted by Crippen LogP contribution is -2.28. The average molecular weight is 342 g/mol. The quantitative estimate of drug-likeness (QED) is 0.770. The Balaban J connectivity index is 2.01. The second-order valence-corrected chi connectivity index (χ2v) is 6.19. The SMILES string of the molecule is COc1ccc(C(C)(C)c2nc(-c3cn(C)c(=O)[nH]c3=O)no2)cc1. The number of rotatable bonds is 4. The molecule has 0 aliphatic heterocycles. The molecule has 0 fully saturated rings. The molecule has 3 rings (SSSR count). The fourth-order valence-electron chi connectivity index (χ4n) is 2.44. The van der Waals surface area contributed by atoms with E-state index >= 15 is 0 Å². The summed E-state index contributed by atoms with van der Waals surface area (Å²) in [5, 5.41) is 3.90. The molecular formula is C17H18N4O4.